The van der Waals surface area contributed by atoms with Crippen LogP contribution in [0.4, 0.5) is 0 Å². The van der Waals surface area contributed by atoms with Crippen LogP contribution in [0, 0.1) is 11.3 Å². The van der Waals surface area contributed by atoms with E-state index in [2.05, 4.69) is 19.9 Å². The average molecular weight is 388 g/mol. The minimum atomic E-state index is -1.03. The monoisotopic (exact) mass is 387 g/mol. The molecule has 1 amide bonds. The molecule has 2 aliphatic rings. The Labute approximate surface area is 168 Å². The van der Waals surface area contributed by atoms with Gasteiger partial charge < -0.3 is 14.8 Å². The number of carbonyl (C=O) groups excluding carboxylic acids is 2. The number of aldehydes is 1. The molecule has 0 radical (unpaired) electrons. The maximum atomic E-state index is 13.1. The van der Waals surface area contributed by atoms with Crippen LogP contribution in [0.1, 0.15) is 72.1 Å². The second kappa shape index (κ2) is 9.85. The Morgan fingerprint density at radius 3 is 2.64 bits per heavy atom. The molecule has 1 saturated heterocycles. The number of allylic oxidation sites excluding steroid dienone is 5. The molecular weight excluding hydrogens is 354 g/mol. The highest BCUT2D eigenvalue weighted by Crippen LogP contribution is 2.50. The van der Waals surface area contributed by atoms with Crippen molar-refractivity contribution in [2.24, 2.45) is 11.3 Å². The van der Waals surface area contributed by atoms with Gasteiger partial charge in [-0.25, -0.2) is 0 Å². The van der Waals surface area contributed by atoms with Gasteiger partial charge >= 0.3 is 5.97 Å². The largest absolute Gasteiger partial charge is 0.481 e. The maximum absolute atomic E-state index is 13.1. The van der Waals surface area contributed by atoms with Gasteiger partial charge in [-0.2, -0.15) is 0 Å². The number of hydrogen-bond donors (Lipinski definition) is 1. The van der Waals surface area contributed by atoms with Crippen LogP contribution in [0.15, 0.2) is 35.1 Å². The Balaban J connectivity index is 2.29. The van der Waals surface area contributed by atoms with Crippen LogP contribution in [0.25, 0.3) is 0 Å². The van der Waals surface area contributed by atoms with Crippen molar-refractivity contribution in [1.82, 2.24) is 4.90 Å². The van der Waals surface area contributed by atoms with Gasteiger partial charge in [0.1, 0.15) is 6.29 Å². The number of carboxylic acid groups (broad SMARTS) is 1. The molecule has 0 unspecified atom stereocenters. The zero-order valence-corrected chi connectivity index (χ0v) is 17.4. The van der Waals surface area contributed by atoms with E-state index >= 15 is 0 Å². The second-order valence-corrected chi connectivity index (χ2v) is 8.32. The lowest BCUT2D eigenvalue weighted by atomic mass is 9.70. The highest BCUT2D eigenvalue weighted by Gasteiger charge is 2.56. The van der Waals surface area contributed by atoms with Crippen molar-refractivity contribution in [1.29, 1.82) is 0 Å². The predicted octanol–water partition coefficient (Wildman–Crippen LogP) is 4.65. The molecule has 0 spiro atoms. The number of carbonyl (C=O) groups is 3. The summed E-state index contributed by atoms with van der Waals surface area (Å²) < 4.78 is 0. The summed E-state index contributed by atoms with van der Waals surface area (Å²) in [6, 6.07) is 0. The van der Waals surface area contributed by atoms with Crippen LogP contribution in [0.5, 0.6) is 0 Å². The summed E-state index contributed by atoms with van der Waals surface area (Å²) in [6.07, 6.45) is 12.9. The highest BCUT2D eigenvalue weighted by molar-refractivity contribution is 5.94. The first-order valence-electron chi connectivity index (χ1n) is 10.3. The third-order valence-corrected chi connectivity index (χ3v) is 5.89. The summed E-state index contributed by atoms with van der Waals surface area (Å²) in [5.74, 6) is -2.06. The van der Waals surface area contributed by atoms with Crippen LogP contribution < -0.4 is 0 Å². The minimum Gasteiger partial charge on any atom is -0.481 e. The zero-order valence-electron chi connectivity index (χ0n) is 17.4. The Hall–Kier alpha value is -2.17. The average Bonchev–Trinajstić information content (AvgIpc) is 2.80. The van der Waals surface area contributed by atoms with Gasteiger partial charge in [0.25, 0.3) is 0 Å². The van der Waals surface area contributed by atoms with Crippen LogP contribution >= 0.6 is 0 Å². The summed E-state index contributed by atoms with van der Waals surface area (Å²) in [6.45, 7) is 6.60. The number of amides is 1. The number of nitrogens with zero attached hydrogens (tertiary/aromatic N) is 1. The van der Waals surface area contributed by atoms with Crippen molar-refractivity contribution >= 4 is 18.2 Å². The van der Waals surface area contributed by atoms with Crippen molar-refractivity contribution in [3.63, 3.8) is 0 Å². The first-order valence-corrected chi connectivity index (χ1v) is 10.3. The molecule has 0 aromatic carbocycles. The van der Waals surface area contributed by atoms with Crippen LogP contribution in [-0.4, -0.2) is 34.7 Å². The van der Waals surface area contributed by atoms with Gasteiger partial charge in [0, 0.05) is 12.2 Å². The summed E-state index contributed by atoms with van der Waals surface area (Å²) in [7, 11) is 0. The number of likely N-dealkylation sites (tertiary alicyclic amines) is 1. The molecule has 1 aliphatic heterocycles. The van der Waals surface area contributed by atoms with Gasteiger partial charge in [-0.1, -0.05) is 42.2 Å². The van der Waals surface area contributed by atoms with E-state index in [1.807, 2.05) is 19.1 Å². The zero-order chi connectivity index (χ0) is 20.7. The smallest absolute Gasteiger partial charge is 0.304 e. The molecule has 1 heterocycles. The molecule has 1 N–H and O–H groups in total. The van der Waals surface area contributed by atoms with E-state index in [-0.39, 0.29) is 12.3 Å². The second-order valence-electron chi connectivity index (χ2n) is 8.32. The molecule has 1 fully saturated rings. The fourth-order valence-electron chi connectivity index (χ4n) is 4.31. The first-order chi connectivity index (χ1) is 13.3. The Kier molecular flexibility index (Phi) is 7.78. The highest BCUT2D eigenvalue weighted by atomic mass is 16.4. The third-order valence-electron chi connectivity index (χ3n) is 5.89. The standard InChI is InChI=1S/C23H33NO4/c1-17(2)9-8-10-18(3)12-14-24-20-11-6-4-5-7-13-23(20,16-25)19(22(24)28)15-21(26)27/h9,11-12,16,19H,4-8,10,13-15H2,1-3H3,(H,26,27)/b18-12+,20-11+/t19-,23-/m1/s1. The molecule has 0 aromatic heterocycles. The molecule has 0 bridgehead atoms. The van der Waals surface area contributed by atoms with Crippen molar-refractivity contribution in [3.05, 3.63) is 35.1 Å². The number of fused-ring (bicyclic) bond motifs is 1. The lowest BCUT2D eigenvalue weighted by molar-refractivity contribution is -0.143. The van der Waals surface area contributed by atoms with Crippen molar-refractivity contribution in [2.75, 3.05) is 6.54 Å². The van der Waals surface area contributed by atoms with Gasteiger partial charge in [0.15, 0.2) is 0 Å². The van der Waals surface area contributed by atoms with E-state index in [0.717, 1.165) is 50.5 Å². The minimum absolute atomic E-state index is 0.226. The number of rotatable bonds is 8. The van der Waals surface area contributed by atoms with E-state index in [1.165, 1.54) is 11.1 Å². The van der Waals surface area contributed by atoms with Crippen LogP contribution in [0.2, 0.25) is 0 Å². The maximum Gasteiger partial charge on any atom is 0.304 e. The molecule has 2 rings (SSSR count). The van der Waals surface area contributed by atoms with Crippen molar-refractivity contribution in [2.45, 2.75) is 72.1 Å². The topological polar surface area (TPSA) is 74.7 Å². The summed E-state index contributed by atoms with van der Waals surface area (Å²) in [5.41, 5.74) is 2.22. The fourth-order valence-corrected chi connectivity index (χ4v) is 4.31. The lowest BCUT2D eigenvalue weighted by Crippen LogP contribution is -2.33. The Morgan fingerprint density at radius 2 is 2.00 bits per heavy atom. The molecule has 154 valence electrons. The van der Waals surface area contributed by atoms with E-state index in [4.69, 9.17) is 0 Å². The Bertz CT molecular complexity index is 699. The summed E-state index contributed by atoms with van der Waals surface area (Å²) >= 11 is 0. The van der Waals surface area contributed by atoms with Gasteiger partial charge in [-0.3, -0.25) is 9.59 Å². The molecule has 2 atom stereocenters. The molecular formula is C23H33NO4. The molecule has 0 saturated carbocycles. The fraction of sp³-hybridized carbons (Fsp3) is 0.609. The van der Waals surface area contributed by atoms with Crippen molar-refractivity contribution in [3.8, 4) is 0 Å². The number of aliphatic carboxylic acids is 1. The van der Waals surface area contributed by atoms with E-state index in [1.54, 1.807) is 4.90 Å². The van der Waals surface area contributed by atoms with Gasteiger partial charge in [-0.15, -0.1) is 0 Å². The Morgan fingerprint density at radius 1 is 1.25 bits per heavy atom. The van der Waals surface area contributed by atoms with Crippen LogP contribution in [0.3, 0.4) is 0 Å². The SMILES string of the molecule is CC(C)=CCC/C(C)=C/CN1C(=O)[C@@H](CC(=O)O)[C@]2(C=O)CCCCC/C=C/12. The van der Waals surface area contributed by atoms with E-state index in [9.17, 15) is 19.5 Å². The predicted molar refractivity (Wildman–Crippen MR) is 110 cm³/mol. The number of hydrogen-bond acceptors (Lipinski definition) is 3. The molecule has 5 heteroatoms. The summed E-state index contributed by atoms with van der Waals surface area (Å²) in [4.78, 5) is 38.4. The quantitative estimate of drug-likeness (QED) is 0.486. The summed E-state index contributed by atoms with van der Waals surface area (Å²) in [5, 5.41) is 9.34. The van der Waals surface area contributed by atoms with E-state index in [0.29, 0.717) is 13.0 Å². The van der Waals surface area contributed by atoms with Crippen molar-refractivity contribution < 1.29 is 19.5 Å². The number of carboxylic acids is 1. The molecule has 1 aliphatic carbocycles. The van der Waals surface area contributed by atoms with Gasteiger partial charge in [-0.05, 0) is 52.9 Å². The molecule has 28 heavy (non-hydrogen) atoms. The normalized spacial score (nSPS) is 27.3. The third kappa shape index (κ3) is 5.00. The van der Waals surface area contributed by atoms with Gasteiger partial charge in [0.2, 0.25) is 5.91 Å². The van der Waals surface area contributed by atoms with Crippen LogP contribution in [-0.2, 0) is 14.4 Å². The molecule has 5 nitrogen and oxygen atoms in total. The first kappa shape index (κ1) is 22.1. The molecule has 0 aromatic rings. The lowest BCUT2D eigenvalue weighted by Gasteiger charge is -2.31. The van der Waals surface area contributed by atoms with E-state index < -0.39 is 17.3 Å². The van der Waals surface area contributed by atoms with Gasteiger partial charge in [0.05, 0.1) is 17.8 Å².